The first-order valence-electron chi connectivity index (χ1n) is 11.7. The Hall–Kier alpha value is -3.36. The van der Waals surface area contributed by atoms with Crippen molar-refractivity contribution >= 4 is 17.1 Å². The number of fused-ring (bicyclic) bond motifs is 1. The summed E-state index contributed by atoms with van der Waals surface area (Å²) < 4.78 is 14.6. The number of rotatable bonds is 4. The molecule has 1 aliphatic heterocycles. The van der Waals surface area contributed by atoms with E-state index < -0.39 is 5.60 Å². The largest absolute Gasteiger partial charge is 0.444 e. The van der Waals surface area contributed by atoms with Crippen LogP contribution < -0.4 is 10.3 Å². The molecule has 1 saturated heterocycles. The van der Waals surface area contributed by atoms with Gasteiger partial charge in [-0.3, -0.25) is 9.36 Å². The molecule has 34 heavy (non-hydrogen) atoms. The van der Waals surface area contributed by atoms with Crippen molar-refractivity contribution in [1.82, 2.24) is 24.2 Å². The van der Waals surface area contributed by atoms with Crippen LogP contribution in [0.5, 0.6) is 11.8 Å². The normalized spacial score (nSPS) is 15.2. The third-order valence-electron chi connectivity index (χ3n) is 5.99. The Balaban J connectivity index is 1.45. The van der Waals surface area contributed by atoms with E-state index in [1.165, 1.54) is 10.1 Å². The van der Waals surface area contributed by atoms with Crippen LogP contribution >= 0.6 is 0 Å². The molecular formula is C25H33N5O4. The third-order valence-corrected chi connectivity index (χ3v) is 5.99. The number of hydrogen-bond donors (Lipinski definition) is 0. The van der Waals surface area contributed by atoms with Crippen LogP contribution in [0.1, 0.15) is 65.0 Å². The number of carbonyl (C=O) groups is 1. The van der Waals surface area contributed by atoms with Crippen molar-refractivity contribution in [1.29, 1.82) is 0 Å². The fraction of sp³-hybridized carbons (Fsp3) is 0.520. The summed E-state index contributed by atoms with van der Waals surface area (Å²) in [6, 6.07) is 8.16. The Morgan fingerprint density at radius 2 is 1.76 bits per heavy atom. The second-order valence-electron chi connectivity index (χ2n) is 10.1. The fourth-order valence-electron chi connectivity index (χ4n) is 4.16. The van der Waals surface area contributed by atoms with Gasteiger partial charge in [0.2, 0.25) is 0 Å². The van der Waals surface area contributed by atoms with Crippen LogP contribution in [0, 0.1) is 0 Å². The smallest absolute Gasteiger partial charge is 0.410 e. The lowest BCUT2D eigenvalue weighted by Crippen LogP contribution is -2.41. The molecule has 1 aromatic carbocycles. The second kappa shape index (κ2) is 9.12. The van der Waals surface area contributed by atoms with Gasteiger partial charge in [0.05, 0.1) is 6.20 Å². The minimum atomic E-state index is -0.485. The summed E-state index contributed by atoms with van der Waals surface area (Å²) in [5.41, 5.74) is 1.04. The van der Waals surface area contributed by atoms with Crippen molar-refractivity contribution < 1.29 is 14.3 Å². The second-order valence-corrected chi connectivity index (χ2v) is 10.1. The first-order valence-corrected chi connectivity index (χ1v) is 11.7. The maximum atomic E-state index is 12.7. The molecule has 1 aliphatic rings. The quantitative estimate of drug-likeness (QED) is 0.556. The molecule has 0 unspecified atom stereocenters. The van der Waals surface area contributed by atoms with E-state index in [-0.39, 0.29) is 23.7 Å². The van der Waals surface area contributed by atoms with Crippen molar-refractivity contribution in [2.45, 2.75) is 65.0 Å². The number of piperidine rings is 1. The molecule has 2 aromatic heterocycles. The molecule has 0 atom stereocenters. The van der Waals surface area contributed by atoms with Gasteiger partial charge in [0.25, 0.3) is 5.56 Å². The highest BCUT2D eigenvalue weighted by Gasteiger charge is 2.27. The molecule has 4 rings (SSSR count). The molecule has 182 valence electrons. The molecule has 0 bridgehead atoms. The van der Waals surface area contributed by atoms with Gasteiger partial charge in [0.15, 0.2) is 5.65 Å². The lowest BCUT2D eigenvalue weighted by molar-refractivity contribution is 0.0205. The summed E-state index contributed by atoms with van der Waals surface area (Å²) >= 11 is 0. The standard InChI is InChI=1S/C25H33N5O4/c1-16(2)30-21-20(15-26-30)22(31)28(6)23(27-21)33-19-9-7-17(8-10-19)18-11-13-29(14-12-18)24(32)34-25(3,4)5/h7-10,15-16,18H,11-14H2,1-6H3. The molecule has 0 aliphatic carbocycles. The molecule has 0 N–H and O–H groups in total. The monoisotopic (exact) mass is 467 g/mol. The predicted molar refractivity (Wildman–Crippen MR) is 129 cm³/mol. The molecule has 0 spiro atoms. The van der Waals surface area contributed by atoms with Crippen molar-refractivity contribution in [2.75, 3.05) is 13.1 Å². The Morgan fingerprint density at radius 3 is 2.35 bits per heavy atom. The Labute approximate surface area is 199 Å². The maximum Gasteiger partial charge on any atom is 0.410 e. The van der Waals surface area contributed by atoms with E-state index >= 15 is 0 Å². The van der Waals surface area contributed by atoms with Gasteiger partial charge in [0.1, 0.15) is 16.7 Å². The molecule has 9 nitrogen and oxygen atoms in total. The summed E-state index contributed by atoms with van der Waals surface area (Å²) in [6.07, 6.45) is 3.07. The van der Waals surface area contributed by atoms with Crippen LogP contribution in [0.25, 0.3) is 11.0 Å². The lowest BCUT2D eigenvalue weighted by Gasteiger charge is -2.33. The fourth-order valence-corrected chi connectivity index (χ4v) is 4.16. The predicted octanol–water partition coefficient (Wildman–Crippen LogP) is 4.62. The number of aromatic nitrogens is 4. The number of amides is 1. The minimum Gasteiger partial charge on any atom is -0.444 e. The van der Waals surface area contributed by atoms with Gasteiger partial charge >= 0.3 is 12.1 Å². The van der Waals surface area contributed by atoms with Gasteiger partial charge in [-0.25, -0.2) is 9.48 Å². The summed E-state index contributed by atoms with van der Waals surface area (Å²) in [5.74, 6) is 0.972. The van der Waals surface area contributed by atoms with E-state index in [0.717, 1.165) is 12.8 Å². The summed E-state index contributed by atoms with van der Waals surface area (Å²) in [6.45, 7) is 11.0. The van der Waals surface area contributed by atoms with E-state index in [0.29, 0.717) is 35.8 Å². The van der Waals surface area contributed by atoms with Crippen molar-refractivity contribution in [3.63, 3.8) is 0 Å². The Kier molecular flexibility index (Phi) is 6.38. The van der Waals surface area contributed by atoms with E-state index in [1.54, 1.807) is 22.8 Å². The Morgan fingerprint density at radius 1 is 1.12 bits per heavy atom. The molecule has 1 fully saturated rings. The highest BCUT2D eigenvalue weighted by molar-refractivity contribution is 5.73. The molecule has 1 amide bonds. The highest BCUT2D eigenvalue weighted by Crippen LogP contribution is 2.31. The van der Waals surface area contributed by atoms with Gasteiger partial charge in [-0.2, -0.15) is 10.1 Å². The topological polar surface area (TPSA) is 91.5 Å². The number of likely N-dealkylation sites (tertiary alicyclic amines) is 1. The highest BCUT2D eigenvalue weighted by atomic mass is 16.6. The van der Waals surface area contributed by atoms with Gasteiger partial charge in [-0.15, -0.1) is 0 Å². The lowest BCUT2D eigenvalue weighted by atomic mass is 9.89. The van der Waals surface area contributed by atoms with Crippen LogP contribution in [0.15, 0.2) is 35.3 Å². The van der Waals surface area contributed by atoms with E-state index in [9.17, 15) is 9.59 Å². The molecule has 3 aromatic rings. The third kappa shape index (κ3) is 4.93. The first kappa shape index (κ1) is 23.8. The van der Waals surface area contributed by atoms with Crippen molar-refractivity contribution in [3.05, 3.63) is 46.4 Å². The maximum absolute atomic E-state index is 12.7. The molecular weight excluding hydrogens is 434 g/mol. The first-order chi connectivity index (χ1) is 16.0. The number of carbonyl (C=O) groups excluding carboxylic acids is 1. The summed E-state index contributed by atoms with van der Waals surface area (Å²) in [7, 11) is 1.64. The zero-order valence-corrected chi connectivity index (χ0v) is 20.7. The van der Waals surface area contributed by atoms with Crippen LogP contribution in [-0.2, 0) is 11.8 Å². The zero-order chi connectivity index (χ0) is 24.6. The Bertz CT molecular complexity index is 1230. The zero-order valence-electron chi connectivity index (χ0n) is 20.7. The van der Waals surface area contributed by atoms with Crippen LogP contribution in [0.3, 0.4) is 0 Å². The van der Waals surface area contributed by atoms with Gasteiger partial charge in [-0.05, 0) is 71.1 Å². The van der Waals surface area contributed by atoms with Crippen LogP contribution in [-0.4, -0.2) is 49.0 Å². The summed E-state index contributed by atoms with van der Waals surface area (Å²) in [4.78, 5) is 31.4. The minimum absolute atomic E-state index is 0.0750. The molecule has 0 saturated carbocycles. The van der Waals surface area contributed by atoms with E-state index in [4.69, 9.17) is 9.47 Å². The van der Waals surface area contributed by atoms with Crippen molar-refractivity contribution in [3.8, 4) is 11.8 Å². The average molecular weight is 468 g/mol. The van der Waals surface area contributed by atoms with E-state index in [1.807, 2.05) is 58.9 Å². The van der Waals surface area contributed by atoms with Gasteiger partial charge in [-0.1, -0.05) is 12.1 Å². The molecule has 3 heterocycles. The van der Waals surface area contributed by atoms with Crippen LogP contribution in [0.2, 0.25) is 0 Å². The number of ether oxygens (including phenoxy) is 2. The summed E-state index contributed by atoms with van der Waals surface area (Å²) in [5, 5.41) is 4.76. The van der Waals surface area contributed by atoms with Crippen LogP contribution in [0.4, 0.5) is 4.79 Å². The number of benzene rings is 1. The van der Waals surface area contributed by atoms with Crippen molar-refractivity contribution in [2.24, 2.45) is 7.05 Å². The molecule has 9 heteroatoms. The van der Waals surface area contributed by atoms with E-state index in [2.05, 4.69) is 10.1 Å². The number of hydrogen-bond acceptors (Lipinski definition) is 6. The SMILES string of the molecule is CC(C)n1ncc2c(=O)n(C)c(Oc3ccc(C4CCN(C(=O)OC(C)(C)C)CC4)cc3)nc21. The van der Waals surface area contributed by atoms with Gasteiger partial charge in [0, 0.05) is 26.2 Å². The van der Waals surface area contributed by atoms with Gasteiger partial charge < -0.3 is 14.4 Å². The average Bonchev–Trinajstić information content (AvgIpc) is 3.21. The number of nitrogens with zero attached hydrogens (tertiary/aromatic N) is 5. The molecule has 0 radical (unpaired) electrons.